The zero-order valence-electron chi connectivity index (χ0n) is 41.0. The molecule has 0 radical (unpaired) electrons. The van der Waals surface area contributed by atoms with Crippen LogP contribution in [0.5, 0.6) is 0 Å². The van der Waals surface area contributed by atoms with Crippen LogP contribution in [-0.2, 0) is 27.9 Å². The normalized spacial score (nSPS) is 14.4. The standard InChI is InChI=1S/C54H94NO7P/c1-6-8-10-12-14-16-18-20-22-24-26-27-28-29-30-31-33-35-37-39-41-43-45-47-54(56)62-53(52-61-63(57,58)60-50-48-55(3,4)5)51-59-49-46-44-42-40-38-36-34-32-25-23-21-19-17-15-13-11-9-7-2/h8,10,14-17,20-23,26-27,29-30,33,35,53H,6-7,9,11-13,18-19,24-25,28,31-32,34,36-52H2,1-5H3/b10-8-,16-14-,17-15-,22-20-,23-21-,27-26-,30-29-,35-33-. The highest BCUT2D eigenvalue weighted by atomic mass is 31.2. The van der Waals surface area contributed by atoms with Crippen molar-refractivity contribution in [3.8, 4) is 0 Å². The van der Waals surface area contributed by atoms with E-state index in [1.54, 1.807) is 0 Å². The lowest BCUT2D eigenvalue weighted by Crippen LogP contribution is -2.37. The largest absolute Gasteiger partial charge is 0.756 e. The van der Waals surface area contributed by atoms with Crippen molar-refractivity contribution >= 4 is 13.8 Å². The predicted molar refractivity (Wildman–Crippen MR) is 268 cm³/mol. The van der Waals surface area contributed by atoms with E-state index in [0.29, 0.717) is 17.6 Å². The van der Waals surface area contributed by atoms with E-state index in [4.69, 9.17) is 18.5 Å². The first kappa shape index (κ1) is 60.4. The Balaban J connectivity index is 4.27. The van der Waals surface area contributed by atoms with E-state index in [-0.39, 0.29) is 32.2 Å². The zero-order chi connectivity index (χ0) is 46.2. The number of esters is 1. The van der Waals surface area contributed by atoms with Crippen LogP contribution in [0.25, 0.3) is 0 Å². The number of phosphoric ester groups is 1. The molecule has 0 saturated heterocycles. The fourth-order valence-electron chi connectivity index (χ4n) is 6.28. The first-order chi connectivity index (χ1) is 30.6. The lowest BCUT2D eigenvalue weighted by molar-refractivity contribution is -0.870. The van der Waals surface area contributed by atoms with Crippen LogP contribution in [0.4, 0.5) is 0 Å². The van der Waals surface area contributed by atoms with Gasteiger partial charge in [0.1, 0.15) is 19.3 Å². The number of phosphoric acid groups is 1. The highest BCUT2D eigenvalue weighted by molar-refractivity contribution is 7.45. The third kappa shape index (κ3) is 50.3. The molecule has 0 aliphatic rings. The maximum absolute atomic E-state index is 12.7. The van der Waals surface area contributed by atoms with Gasteiger partial charge in [-0.3, -0.25) is 9.36 Å². The summed E-state index contributed by atoms with van der Waals surface area (Å²) in [5.74, 6) is -0.364. The number of rotatable bonds is 45. The van der Waals surface area contributed by atoms with Crippen LogP contribution in [0.3, 0.4) is 0 Å². The molecule has 9 heteroatoms. The van der Waals surface area contributed by atoms with Crippen LogP contribution in [0.2, 0.25) is 0 Å². The summed E-state index contributed by atoms with van der Waals surface area (Å²) >= 11 is 0. The minimum Gasteiger partial charge on any atom is -0.756 e. The van der Waals surface area contributed by atoms with Crippen molar-refractivity contribution in [1.29, 1.82) is 0 Å². The number of unbranched alkanes of at least 4 members (excludes halogenated alkanes) is 15. The second-order valence-corrected chi connectivity index (χ2v) is 18.8. The lowest BCUT2D eigenvalue weighted by Gasteiger charge is -2.28. The number of hydrogen-bond donors (Lipinski definition) is 0. The van der Waals surface area contributed by atoms with E-state index in [9.17, 15) is 14.3 Å². The molecule has 2 atom stereocenters. The van der Waals surface area contributed by atoms with Gasteiger partial charge in [0.05, 0.1) is 34.4 Å². The number of likely N-dealkylation sites (N-methyl/N-ethyl adjacent to an activating group) is 1. The van der Waals surface area contributed by atoms with Crippen molar-refractivity contribution in [2.45, 2.75) is 187 Å². The van der Waals surface area contributed by atoms with Crippen LogP contribution in [-0.4, -0.2) is 70.7 Å². The maximum atomic E-state index is 12.7. The Bertz CT molecular complexity index is 1320. The number of allylic oxidation sites excluding steroid dienone is 16. The van der Waals surface area contributed by atoms with Gasteiger partial charge in [-0.1, -0.05) is 175 Å². The van der Waals surface area contributed by atoms with Crippen molar-refractivity contribution in [3.05, 3.63) is 97.2 Å². The molecule has 0 spiro atoms. The second kappa shape index (κ2) is 46.0. The maximum Gasteiger partial charge on any atom is 0.306 e. The van der Waals surface area contributed by atoms with Crippen LogP contribution < -0.4 is 4.89 Å². The molecule has 0 aromatic heterocycles. The molecule has 0 aromatic rings. The van der Waals surface area contributed by atoms with Crippen molar-refractivity contribution in [2.24, 2.45) is 0 Å². The van der Waals surface area contributed by atoms with Gasteiger partial charge in [-0.25, -0.2) is 0 Å². The molecule has 0 rings (SSSR count). The van der Waals surface area contributed by atoms with E-state index >= 15 is 0 Å². The molecular weight excluding hydrogens is 806 g/mol. The third-order valence-corrected chi connectivity index (χ3v) is 11.1. The van der Waals surface area contributed by atoms with Gasteiger partial charge in [0, 0.05) is 13.0 Å². The fraction of sp³-hybridized carbons (Fsp3) is 0.685. The second-order valence-electron chi connectivity index (χ2n) is 17.4. The van der Waals surface area contributed by atoms with Gasteiger partial charge in [-0.15, -0.1) is 0 Å². The predicted octanol–water partition coefficient (Wildman–Crippen LogP) is 14.8. The Morgan fingerprint density at radius 1 is 0.508 bits per heavy atom. The molecule has 63 heavy (non-hydrogen) atoms. The zero-order valence-corrected chi connectivity index (χ0v) is 41.9. The highest BCUT2D eigenvalue weighted by Crippen LogP contribution is 2.38. The summed E-state index contributed by atoms with van der Waals surface area (Å²) in [4.78, 5) is 25.2. The van der Waals surface area contributed by atoms with Crippen LogP contribution in [0, 0.1) is 0 Å². The van der Waals surface area contributed by atoms with E-state index in [0.717, 1.165) is 89.9 Å². The molecule has 362 valence electrons. The lowest BCUT2D eigenvalue weighted by atomic mass is 10.1. The van der Waals surface area contributed by atoms with Crippen LogP contribution >= 0.6 is 7.82 Å². The summed E-state index contributed by atoms with van der Waals surface area (Å²) in [7, 11) is 1.32. The topological polar surface area (TPSA) is 94.1 Å². The molecular formula is C54H94NO7P. The Hall–Kier alpha value is -2.58. The van der Waals surface area contributed by atoms with E-state index in [1.165, 1.54) is 70.6 Å². The molecule has 0 amide bonds. The van der Waals surface area contributed by atoms with Crippen molar-refractivity contribution < 1.29 is 37.3 Å². The monoisotopic (exact) mass is 900 g/mol. The smallest absolute Gasteiger partial charge is 0.306 e. The van der Waals surface area contributed by atoms with Gasteiger partial charge >= 0.3 is 5.97 Å². The van der Waals surface area contributed by atoms with Gasteiger partial charge in [0.25, 0.3) is 7.82 Å². The van der Waals surface area contributed by atoms with Gasteiger partial charge in [-0.2, -0.15) is 0 Å². The average Bonchev–Trinajstić information content (AvgIpc) is 3.24. The first-order valence-corrected chi connectivity index (χ1v) is 26.4. The summed E-state index contributed by atoms with van der Waals surface area (Å²) in [6.07, 6.45) is 62.8. The summed E-state index contributed by atoms with van der Waals surface area (Å²) < 4.78 is 34.7. The average molecular weight is 900 g/mol. The number of carbonyl (C=O) groups excluding carboxylic acids is 1. The number of quaternary nitrogens is 1. The SMILES string of the molecule is CC/C=C\C/C=C\C/C=C\C/C=C\C/C=C\C/C=C\CCCCCCC(=O)OC(COCCCCCCCCCC/C=C\C/C=C\CCCCC)COP(=O)([O-])OCC[N+](C)(C)C. The molecule has 2 unspecified atom stereocenters. The summed E-state index contributed by atoms with van der Waals surface area (Å²) in [6, 6.07) is 0. The molecule has 0 aliphatic heterocycles. The van der Waals surface area contributed by atoms with E-state index < -0.39 is 13.9 Å². The molecule has 0 aromatic carbocycles. The molecule has 8 nitrogen and oxygen atoms in total. The molecule has 0 N–H and O–H groups in total. The first-order valence-electron chi connectivity index (χ1n) is 25.0. The van der Waals surface area contributed by atoms with E-state index in [1.807, 2.05) is 21.1 Å². The fourth-order valence-corrected chi connectivity index (χ4v) is 7.01. The van der Waals surface area contributed by atoms with Crippen LogP contribution in [0.1, 0.15) is 181 Å². The van der Waals surface area contributed by atoms with Gasteiger partial charge in [0.2, 0.25) is 0 Å². The number of hydrogen-bond acceptors (Lipinski definition) is 7. The minimum absolute atomic E-state index is 0.0139. The Kier molecular flexibility index (Phi) is 44.1. The minimum atomic E-state index is -4.55. The molecule has 0 saturated carbocycles. The van der Waals surface area contributed by atoms with Gasteiger partial charge < -0.3 is 27.9 Å². The van der Waals surface area contributed by atoms with Gasteiger partial charge in [-0.05, 0) is 96.3 Å². The Morgan fingerprint density at radius 3 is 1.38 bits per heavy atom. The van der Waals surface area contributed by atoms with Gasteiger partial charge in [0.15, 0.2) is 0 Å². The quantitative estimate of drug-likeness (QED) is 0.0197. The Morgan fingerprint density at radius 2 is 0.921 bits per heavy atom. The molecule has 0 aliphatic carbocycles. The number of ether oxygens (including phenoxy) is 2. The van der Waals surface area contributed by atoms with Crippen molar-refractivity contribution in [1.82, 2.24) is 0 Å². The molecule has 0 bridgehead atoms. The van der Waals surface area contributed by atoms with Crippen LogP contribution in [0.15, 0.2) is 97.2 Å². The van der Waals surface area contributed by atoms with Crippen molar-refractivity contribution in [2.75, 3.05) is 54.1 Å². The highest BCUT2D eigenvalue weighted by Gasteiger charge is 2.20. The summed E-state index contributed by atoms with van der Waals surface area (Å²) in [5.41, 5.74) is 0. The number of carbonyl (C=O) groups is 1. The molecule has 0 fully saturated rings. The van der Waals surface area contributed by atoms with E-state index in [2.05, 4.69) is 111 Å². The third-order valence-electron chi connectivity index (χ3n) is 10.1. The Labute approximate surface area is 387 Å². The molecule has 0 heterocycles. The summed E-state index contributed by atoms with van der Waals surface area (Å²) in [6.45, 7) is 5.21. The summed E-state index contributed by atoms with van der Waals surface area (Å²) in [5, 5.41) is 0. The number of nitrogens with zero attached hydrogens (tertiary/aromatic N) is 1. The van der Waals surface area contributed by atoms with Crippen molar-refractivity contribution in [3.63, 3.8) is 0 Å².